The van der Waals surface area contributed by atoms with Crippen molar-refractivity contribution in [3.63, 3.8) is 0 Å². The Morgan fingerprint density at radius 1 is 0.919 bits per heavy atom. The second-order valence-electron chi connectivity index (χ2n) is 8.93. The maximum absolute atomic E-state index is 13.4. The van der Waals surface area contributed by atoms with Crippen LogP contribution in [-0.4, -0.2) is 22.7 Å². The number of nitrogens with zero attached hydrogens (tertiary/aromatic N) is 1. The van der Waals surface area contributed by atoms with E-state index in [2.05, 4.69) is 10.1 Å². The summed E-state index contributed by atoms with van der Waals surface area (Å²) in [5.74, 6) is -1.64. The van der Waals surface area contributed by atoms with Crippen LogP contribution in [0.25, 0.3) is 10.9 Å². The molecule has 0 saturated heterocycles. The Labute approximate surface area is 209 Å². The minimum Gasteiger partial charge on any atom is -0.406 e. The predicted molar refractivity (Wildman–Crippen MR) is 132 cm³/mol. The zero-order valence-corrected chi connectivity index (χ0v) is 19.4. The lowest BCUT2D eigenvalue weighted by Crippen LogP contribution is -2.34. The smallest absolute Gasteiger partial charge is 0.406 e. The number of halogens is 3. The molecule has 0 radical (unpaired) electrons. The summed E-state index contributed by atoms with van der Waals surface area (Å²) in [5.41, 5.74) is 1.50. The molecule has 0 bridgehead atoms. The van der Waals surface area contributed by atoms with Crippen LogP contribution < -0.4 is 15.6 Å². The van der Waals surface area contributed by atoms with Gasteiger partial charge in [-0.1, -0.05) is 42.5 Å². The fourth-order valence-electron chi connectivity index (χ4n) is 4.76. The molecule has 1 amide bonds. The Morgan fingerprint density at radius 3 is 2.38 bits per heavy atom. The summed E-state index contributed by atoms with van der Waals surface area (Å²) in [6.45, 7) is 0. The van der Waals surface area contributed by atoms with E-state index in [0.29, 0.717) is 35.0 Å². The van der Waals surface area contributed by atoms with Crippen LogP contribution in [-0.2, 0) is 12.8 Å². The number of aromatic nitrogens is 1. The van der Waals surface area contributed by atoms with Gasteiger partial charge < -0.3 is 10.1 Å². The molecule has 0 spiro atoms. The molecule has 6 nitrogen and oxygen atoms in total. The van der Waals surface area contributed by atoms with E-state index >= 15 is 0 Å². The molecule has 0 saturated carbocycles. The molecular weight excluding hydrogens is 485 g/mol. The third kappa shape index (κ3) is 5.25. The molecule has 1 aliphatic rings. The van der Waals surface area contributed by atoms with Crippen LogP contribution in [0.3, 0.4) is 0 Å². The Morgan fingerprint density at radius 2 is 1.62 bits per heavy atom. The molecule has 4 aromatic rings. The van der Waals surface area contributed by atoms with E-state index in [4.69, 9.17) is 0 Å². The number of amides is 1. The largest absolute Gasteiger partial charge is 0.573 e. The van der Waals surface area contributed by atoms with Crippen molar-refractivity contribution in [2.75, 3.05) is 5.32 Å². The lowest BCUT2D eigenvalue weighted by molar-refractivity contribution is -0.274. The molecule has 1 unspecified atom stereocenters. The van der Waals surface area contributed by atoms with E-state index in [-0.39, 0.29) is 23.7 Å². The zero-order chi connectivity index (χ0) is 26.2. The summed E-state index contributed by atoms with van der Waals surface area (Å²) >= 11 is 0. The molecule has 1 heterocycles. The number of rotatable bonds is 5. The van der Waals surface area contributed by atoms with E-state index in [1.54, 1.807) is 60.7 Å². The Bertz CT molecular complexity index is 1560. The highest BCUT2D eigenvalue weighted by Crippen LogP contribution is 2.33. The van der Waals surface area contributed by atoms with Crippen molar-refractivity contribution in [3.05, 3.63) is 106 Å². The number of carbonyl (C=O) groups excluding carboxylic acids is 2. The maximum Gasteiger partial charge on any atom is 0.573 e. The van der Waals surface area contributed by atoms with E-state index in [9.17, 15) is 27.6 Å². The standard InChI is InChI=1S/C28H21F3N2O4/c29-28(30,31)37-22-11-10-18-12-17(13-20(18)15-22)14-25(34)33-24-9-5-4-6-19(24)16-23(27(33)36)26(35)32-21-7-2-1-3-8-21/h1-11,15-17H,12-14H2,(H,32,35). The first-order valence-electron chi connectivity index (χ1n) is 11.6. The van der Waals surface area contributed by atoms with Gasteiger partial charge in [-0.25, -0.2) is 4.57 Å². The average Bonchev–Trinajstić information content (AvgIpc) is 3.24. The van der Waals surface area contributed by atoms with E-state index < -0.39 is 23.7 Å². The van der Waals surface area contributed by atoms with Crippen molar-refractivity contribution in [2.45, 2.75) is 25.6 Å². The van der Waals surface area contributed by atoms with Gasteiger partial charge in [-0.2, -0.15) is 0 Å². The first kappa shape index (κ1) is 24.3. The van der Waals surface area contributed by atoms with Gasteiger partial charge in [0.15, 0.2) is 0 Å². The zero-order valence-electron chi connectivity index (χ0n) is 19.4. The quantitative estimate of drug-likeness (QED) is 0.383. The summed E-state index contributed by atoms with van der Waals surface area (Å²) in [4.78, 5) is 39.8. The predicted octanol–water partition coefficient (Wildman–Crippen LogP) is 5.60. The highest BCUT2D eigenvalue weighted by Gasteiger charge is 2.32. The van der Waals surface area contributed by atoms with Gasteiger partial charge >= 0.3 is 6.36 Å². The van der Waals surface area contributed by atoms with Gasteiger partial charge in [-0.05, 0) is 71.7 Å². The third-order valence-electron chi connectivity index (χ3n) is 6.33. The van der Waals surface area contributed by atoms with Crippen molar-refractivity contribution in [1.29, 1.82) is 0 Å². The molecule has 1 aliphatic carbocycles. The molecular formula is C28H21F3N2O4. The average molecular weight is 506 g/mol. The summed E-state index contributed by atoms with van der Waals surface area (Å²) in [5, 5.41) is 3.23. The molecule has 0 fully saturated rings. The Kier molecular flexibility index (Phi) is 6.29. The van der Waals surface area contributed by atoms with Crippen LogP contribution in [0.15, 0.2) is 83.7 Å². The number of pyridine rings is 1. The van der Waals surface area contributed by atoms with Crippen molar-refractivity contribution >= 4 is 28.4 Å². The topological polar surface area (TPSA) is 77.4 Å². The van der Waals surface area contributed by atoms with Gasteiger partial charge in [-0.3, -0.25) is 14.4 Å². The number of fused-ring (bicyclic) bond motifs is 2. The van der Waals surface area contributed by atoms with Gasteiger partial charge in [0.2, 0.25) is 5.91 Å². The lowest BCUT2D eigenvalue weighted by Gasteiger charge is -2.14. The summed E-state index contributed by atoms with van der Waals surface area (Å²) in [6.07, 6.45) is -3.95. The van der Waals surface area contributed by atoms with Crippen LogP contribution >= 0.6 is 0 Å². The molecule has 1 N–H and O–H groups in total. The van der Waals surface area contributed by atoms with Crippen LogP contribution in [0.5, 0.6) is 5.75 Å². The number of benzene rings is 3. The van der Waals surface area contributed by atoms with Crippen molar-refractivity contribution in [2.24, 2.45) is 5.92 Å². The minimum atomic E-state index is -4.79. The summed E-state index contributed by atoms with van der Waals surface area (Å²) in [6, 6.07) is 21.1. The van der Waals surface area contributed by atoms with E-state index in [1.807, 2.05) is 0 Å². The molecule has 5 rings (SSSR count). The van der Waals surface area contributed by atoms with Crippen molar-refractivity contribution in [1.82, 2.24) is 4.57 Å². The number of nitrogens with one attached hydrogen (secondary N) is 1. The summed E-state index contributed by atoms with van der Waals surface area (Å²) in [7, 11) is 0. The maximum atomic E-state index is 13.4. The molecule has 9 heteroatoms. The fraction of sp³-hybridized carbons (Fsp3) is 0.179. The van der Waals surface area contributed by atoms with Crippen LogP contribution in [0, 0.1) is 5.92 Å². The molecule has 0 aliphatic heterocycles. The molecule has 37 heavy (non-hydrogen) atoms. The number of hydrogen-bond acceptors (Lipinski definition) is 4. The Hall–Kier alpha value is -4.40. The van der Waals surface area contributed by atoms with E-state index in [1.165, 1.54) is 18.2 Å². The number of alkyl halides is 3. The van der Waals surface area contributed by atoms with Crippen LogP contribution in [0.4, 0.5) is 18.9 Å². The number of anilines is 1. The highest BCUT2D eigenvalue weighted by atomic mass is 19.4. The number of carbonyl (C=O) groups is 2. The number of ether oxygens (including phenoxy) is 1. The monoisotopic (exact) mass is 506 g/mol. The van der Waals surface area contributed by atoms with Crippen LogP contribution in [0.1, 0.15) is 32.7 Å². The second-order valence-corrected chi connectivity index (χ2v) is 8.93. The summed E-state index contributed by atoms with van der Waals surface area (Å²) < 4.78 is 42.8. The minimum absolute atomic E-state index is 0.0161. The lowest BCUT2D eigenvalue weighted by atomic mass is 10.0. The van der Waals surface area contributed by atoms with Crippen molar-refractivity contribution < 1.29 is 27.5 Å². The van der Waals surface area contributed by atoms with Gasteiger partial charge in [-0.15, -0.1) is 13.2 Å². The van der Waals surface area contributed by atoms with E-state index in [0.717, 1.165) is 10.1 Å². The van der Waals surface area contributed by atoms with Gasteiger partial charge in [0.05, 0.1) is 5.52 Å². The number of para-hydroxylation sites is 2. The van der Waals surface area contributed by atoms with Gasteiger partial charge in [0, 0.05) is 12.1 Å². The first-order valence-corrected chi connectivity index (χ1v) is 11.6. The van der Waals surface area contributed by atoms with Crippen LogP contribution in [0.2, 0.25) is 0 Å². The third-order valence-corrected chi connectivity index (χ3v) is 6.33. The first-order chi connectivity index (χ1) is 17.7. The normalized spacial score (nSPS) is 14.8. The Balaban J connectivity index is 1.41. The van der Waals surface area contributed by atoms with Gasteiger partial charge in [0.25, 0.3) is 11.5 Å². The molecule has 1 aromatic heterocycles. The molecule has 1 atom stereocenters. The number of hydrogen-bond donors (Lipinski definition) is 1. The second kappa shape index (κ2) is 9.57. The van der Waals surface area contributed by atoms with Gasteiger partial charge in [0.1, 0.15) is 11.3 Å². The SMILES string of the molecule is O=C(Nc1ccccc1)c1cc2ccccc2n(C(=O)CC2Cc3ccc(OC(F)(F)F)cc3C2)c1=O. The van der Waals surface area contributed by atoms with Crippen molar-refractivity contribution in [3.8, 4) is 5.75 Å². The highest BCUT2D eigenvalue weighted by molar-refractivity contribution is 6.07. The molecule has 3 aromatic carbocycles. The fourth-order valence-corrected chi connectivity index (χ4v) is 4.76. The molecule has 188 valence electrons.